The van der Waals surface area contributed by atoms with Gasteiger partial charge in [0, 0.05) is 26.6 Å². The molecule has 120 valence electrons. The molecule has 8 nitrogen and oxygen atoms in total. The first kappa shape index (κ1) is 17.2. The number of aliphatic carboxylic acids is 2. The van der Waals surface area contributed by atoms with Gasteiger partial charge in [0.1, 0.15) is 6.04 Å². The van der Waals surface area contributed by atoms with Gasteiger partial charge in [-0.15, -0.1) is 0 Å². The smallest absolute Gasteiger partial charge is 0.326 e. The van der Waals surface area contributed by atoms with Gasteiger partial charge < -0.3 is 25.3 Å². The Morgan fingerprint density at radius 3 is 2.52 bits per heavy atom. The number of carboxylic acids is 2. The minimum atomic E-state index is -1.22. The Kier molecular flexibility index (Phi) is 6.41. The van der Waals surface area contributed by atoms with Crippen LogP contribution in [0.15, 0.2) is 0 Å². The highest BCUT2D eigenvalue weighted by atomic mass is 16.4. The first-order valence-electron chi connectivity index (χ1n) is 6.94. The highest BCUT2D eigenvalue weighted by molar-refractivity contribution is 5.82. The fourth-order valence-corrected chi connectivity index (χ4v) is 2.43. The molecule has 0 radical (unpaired) electrons. The normalized spacial score (nSPS) is 20.0. The van der Waals surface area contributed by atoms with Crippen molar-refractivity contribution in [3.05, 3.63) is 0 Å². The van der Waals surface area contributed by atoms with Crippen molar-refractivity contribution in [3.8, 4) is 0 Å². The van der Waals surface area contributed by atoms with E-state index in [0.717, 1.165) is 19.5 Å². The average Bonchev–Trinajstić information content (AvgIpc) is 2.78. The lowest BCUT2D eigenvalue weighted by molar-refractivity contribution is -0.140. The van der Waals surface area contributed by atoms with E-state index in [9.17, 15) is 14.4 Å². The lowest BCUT2D eigenvalue weighted by atomic mass is 10.1. The van der Waals surface area contributed by atoms with Crippen LogP contribution in [-0.4, -0.2) is 77.8 Å². The number of carbonyl (C=O) groups is 3. The number of urea groups is 1. The average molecular weight is 301 g/mol. The molecule has 8 heteroatoms. The molecule has 3 N–H and O–H groups in total. The summed E-state index contributed by atoms with van der Waals surface area (Å²) in [6.45, 7) is 2.47. The molecule has 2 atom stereocenters. The van der Waals surface area contributed by atoms with Crippen LogP contribution in [-0.2, 0) is 9.59 Å². The number of nitrogens with one attached hydrogen (secondary N) is 1. The van der Waals surface area contributed by atoms with Crippen LogP contribution in [0.25, 0.3) is 0 Å². The van der Waals surface area contributed by atoms with Crippen molar-refractivity contribution in [2.75, 3.05) is 33.7 Å². The van der Waals surface area contributed by atoms with Gasteiger partial charge in [-0.2, -0.15) is 0 Å². The van der Waals surface area contributed by atoms with Gasteiger partial charge in [-0.05, 0) is 32.4 Å². The molecule has 0 aromatic carbocycles. The van der Waals surface area contributed by atoms with Crippen LogP contribution in [0, 0.1) is 5.92 Å². The topological polar surface area (TPSA) is 110 Å². The zero-order chi connectivity index (χ0) is 16.0. The van der Waals surface area contributed by atoms with Gasteiger partial charge in [0.15, 0.2) is 0 Å². The van der Waals surface area contributed by atoms with Gasteiger partial charge in [-0.1, -0.05) is 0 Å². The minimum Gasteiger partial charge on any atom is -0.481 e. The van der Waals surface area contributed by atoms with E-state index in [-0.39, 0.29) is 12.8 Å². The van der Waals surface area contributed by atoms with Gasteiger partial charge in [-0.25, -0.2) is 9.59 Å². The third kappa shape index (κ3) is 5.99. The van der Waals surface area contributed by atoms with Crippen molar-refractivity contribution in [1.29, 1.82) is 0 Å². The van der Waals surface area contributed by atoms with Crippen molar-refractivity contribution in [2.24, 2.45) is 5.92 Å². The first-order chi connectivity index (χ1) is 9.79. The Hall–Kier alpha value is -1.83. The third-order valence-corrected chi connectivity index (χ3v) is 3.61. The molecule has 0 bridgehead atoms. The number of carbonyl (C=O) groups excluding carboxylic acids is 1. The Morgan fingerprint density at radius 2 is 2.05 bits per heavy atom. The predicted molar refractivity (Wildman–Crippen MR) is 75.1 cm³/mol. The van der Waals surface area contributed by atoms with Gasteiger partial charge in [0.25, 0.3) is 0 Å². The van der Waals surface area contributed by atoms with Crippen LogP contribution in [0.2, 0.25) is 0 Å². The Labute approximate surface area is 123 Å². The molecule has 21 heavy (non-hydrogen) atoms. The second-order valence-electron chi connectivity index (χ2n) is 5.57. The molecule has 2 amide bonds. The van der Waals surface area contributed by atoms with E-state index in [0.29, 0.717) is 12.5 Å². The second kappa shape index (κ2) is 7.82. The van der Waals surface area contributed by atoms with Gasteiger partial charge >= 0.3 is 18.0 Å². The van der Waals surface area contributed by atoms with E-state index < -0.39 is 24.0 Å². The number of carboxylic acid groups (broad SMARTS) is 2. The number of nitrogens with zero attached hydrogens (tertiary/aromatic N) is 2. The molecule has 0 aromatic heterocycles. The summed E-state index contributed by atoms with van der Waals surface area (Å²) in [5, 5.41) is 20.0. The Bertz CT molecular complexity index is 401. The van der Waals surface area contributed by atoms with E-state index in [1.165, 1.54) is 4.90 Å². The second-order valence-corrected chi connectivity index (χ2v) is 5.57. The zero-order valence-electron chi connectivity index (χ0n) is 12.4. The molecule has 1 heterocycles. The molecule has 0 spiro atoms. The van der Waals surface area contributed by atoms with E-state index in [4.69, 9.17) is 10.2 Å². The third-order valence-electron chi connectivity index (χ3n) is 3.61. The van der Waals surface area contributed by atoms with E-state index in [2.05, 4.69) is 10.2 Å². The summed E-state index contributed by atoms with van der Waals surface area (Å²) in [5.74, 6) is -1.93. The molecule has 1 aliphatic heterocycles. The number of amides is 2. The summed E-state index contributed by atoms with van der Waals surface area (Å²) in [7, 11) is 3.64. The molecule has 1 aliphatic rings. The molecule has 0 aliphatic carbocycles. The lowest BCUT2D eigenvalue weighted by Gasteiger charge is -2.23. The highest BCUT2D eigenvalue weighted by Gasteiger charge is 2.25. The van der Waals surface area contributed by atoms with Crippen LogP contribution < -0.4 is 5.32 Å². The number of likely N-dealkylation sites (tertiary alicyclic amines) is 1. The molecule has 0 saturated carbocycles. The molecule has 1 unspecified atom stereocenters. The standard InChI is InChI=1S/C13H23N3O5/c1-15-6-5-9(7-15)8-16(2)13(21)14-10(12(19)20)3-4-11(17)18/h9-10H,3-8H2,1-2H3,(H,14,21)(H,17,18)(H,19,20)/t9?,10-/m0/s1. The summed E-state index contributed by atoms with van der Waals surface area (Å²) in [5.41, 5.74) is 0. The SMILES string of the molecule is CN1CCC(CN(C)C(=O)N[C@@H](CCC(=O)O)C(=O)O)C1. The van der Waals surface area contributed by atoms with Crippen molar-refractivity contribution >= 4 is 18.0 Å². The van der Waals surface area contributed by atoms with Crippen LogP contribution >= 0.6 is 0 Å². The van der Waals surface area contributed by atoms with E-state index in [1.54, 1.807) is 7.05 Å². The van der Waals surface area contributed by atoms with Crippen LogP contribution in [0.5, 0.6) is 0 Å². The van der Waals surface area contributed by atoms with Gasteiger partial charge in [0.05, 0.1) is 0 Å². The lowest BCUT2D eigenvalue weighted by Crippen LogP contribution is -2.48. The first-order valence-corrected chi connectivity index (χ1v) is 6.94. The summed E-state index contributed by atoms with van der Waals surface area (Å²) in [6.07, 6.45) is 0.584. The van der Waals surface area contributed by atoms with Crippen LogP contribution in [0.3, 0.4) is 0 Å². The summed E-state index contributed by atoms with van der Waals surface area (Å²) < 4.78 is 0. The maximum Gasteiger partial charge on any atom is 0.326 e. The highest BCUT2D eigenvalue weighted by Crippen LogP contribution is 2.15. The molecular formula is C13H23N3O5. The molecule has 1 rings (SSSR count). The quantitative estimate of drug-likeness (QED) is 0.605. The summed E-state index contributed by atoms with van der Waals surface area (Å²) >= 11 is 0. The maximum absolute atomic E-state index is 12.0. The maximum atomic E-state index is 12.0. The number of hydrogen-bond acceptors (Lipinski definition) is 4. The molecule has 1 fully saturated rings. The van der Waals surface area contributed by atoms with Crippen LogP contribution in [0.1, 0.15) is 19.3 Å². The monoisotopic (exact) mass is 301 g/mol. The fraction of sp³-hybridized carbons (Fsp3) is 0.769. The molecule has 1 saturated heterocycles. The van der Waals surface area contributed by atoms with Gasteiger partial charge in [0.2, 0.25) is 0 Å². The molecular weight excluding hydrogens is 278 g/mol. The van der Waals surface area contributed by atoms with E-state index >= 15 is 0 Å². The van der Waals surface area contributed by atoms with E-state index in [1.807, 2.05) is 7.05 Å². The predicted octanol–water partition coefficient (Wildman–Crippen LogP) is -0.102. The number of rotatable bonds is 7. The summed E-state index contributed by atoms with van der Waals surface area (Å²) in [4.78, 5) is 37.1. The Morgan fingerprint density at radius 1 is 1.38 bits per heavy atom. The van der Waals surface area contributed by atoms with Crippen molar-refractivity contribution in [1.82, 2.24) is 15.1 Å². The van der Waals surface area contributed by atoms with Crippen molar-refractivity contribution in [3.63, 3.8) is 0 Å². The number of hydrogen-bond donors (Lipinski definition) is 3. The largest absolute Gasteiger partial charge is 0.481 e. The Balaban J connectivity index is 2.44. The fourth-order valence-electron chi connectivity index (χ4n) is 2.43. The van der Waals surface area contributed by atoms with Crippen molar-refractivity contribution in [2.45, 2.75) is 25.3 Å². The minimum absolute atomic E-state index is 0.129. The molecule has 0 aromatic rings. The van der Waals surface area contributed by atoms with Crippen molar-refractivity contribution < 1.29 is 24.6 Å². The van der Waals surface area contributed by atoms with Crippen LogP contribution in [0.4, 0.5) is 4.79 Å². The summed E-state index contributed by atoms with van der Waals surface area (Å²) in [6, 6.07) is -1.66. The van der Waals surface area contributed by atoms with Gasteiger partial charge in [-0.3, -0.25) is 4.79 Å². The zero-order valence-corrected chi connectivity index (χ0v) is 12.4.